The van der Waals surface area contributed by atoms with Crippen LogP contribution >= 0.6 is 0 Å². The number of imidazole rings is 1. The number of benzene rings is 1. The van der Waals surface area contributed by atoms with E-state index in [4.69, 9.17) is 11.3 Å². The van der Waals surface area contributed by atoms with Crippen molar-refractivity contribution in [2.24, 2.45) is 0 Å². The van der Waals surface area contributed by atoms with Crippen molar-refractivity contribution in [3.8, 4) is 16.9 Å². The van der Waals surface area contributed by atoms with Crippen LogP contribution in [0.2, 0.25) is 0 Å². The van der Waals surface area contributed by atoms with Gasteiger partial charge in [0.1, 0.15) is 17.9 Å². The Labute approximate surface area is 187 Å². The Balaban J connectivity index is 1.41. The minimum atomic E-state index is -0.277. The van der Waals surface area contributed by atoms with Crippen LogP contribution in [0, 0.1) is 19.3 Å². The molecule has 6 rings (SSSR count). The summed E-state index contributed by atoms with van der Waals surface area (Å²) in [4.78, 5) is 12.6. The maximum absolute atomic E-state index is 14.5. The lowest BCUT2D eigenvalue weighted by Crippen LogP contribution is -2.10. The first-order valence-corrected chi connectivity index (χ1v) is 10.4. The fourth-order valence-electron chi connectivity index (χ4n) is 4.34. The third kappa shape index (κ3) is 2.90. The summed E-state index contributed by atoms with van der Waals surface area (Å²) in [5.74, 6) is 1.38. The van der Waals surface area contributed by atoms with E-state index in [2.05, 4.69) is 30.3 Å². The Morgan fingerprint density at radius 3 is 2.94 bits per heavy atom. The number of nitrogens with one attached hydrogen (secondary N) is 1. The predicted molar refractivity (Wildman–Crippen MR) is 119 cm³/mol. The Bertz CT molecular complexity index is 1600. The highest BCUT2D eigenvalue weighted by atomic mass is 19.1. The molecule has 0 atom stereocenters. The van der Waals surface area contributed by atoms with Gasteiger partial charge in [0.25, 0.3) is 5.82 Å². The highest BCUT2D eigenvalue weighted by Gasteiger charge is 2.21. The summed E-state index contributed by atoms with van der Waals surface area (Å²) >= 11 is 0. The molecule has 1 N–H and O–H groups in total. The fourth-order valence-corrected chi connectivity index (χ4v) is 4.34. The van der Waals surface area contributed by atoms with Crippen molar-refractivity contribution in [1.82, 2.24) is 29.0 Å². The molecule has 0 aliphatic carbocycles. The zero-order valence-corrected chi connectivity index (χ0v) is 17.6. The second-order valence-corrected chi connectivity index (χ2v) is 7.75. The van der Waals surface area contributed by atoms with E-state index in [-0.39, 0.29) is 12.4 Å². The lowest BCUT2D eigenvalue weighted by molar-refractivity contribution is 0.356. The third-order valence-corrected chi connectivity index (χ3v) is 5.93. The summed E-state index contributed by atoms with van der Waals surface area (Å²) in [6, 6.07) is 6.96. The van der Waals surface area contributed by atoms with Gasteiger partial charge in [-0.05, 0) is 31.2 Å². The van der Waals surface area contributed by atoms with Gasteiger partial charge in [0, 0.05) is 30.3 Å². The molecule has 4 aromatic heterocycles. The Morgan fingerprint density at radius 2 is 2.06 bits per heavy atom. The van der Waals surface area contributed by atoms with E-state index in [1.807, 2.05) is 23.5 Å². The maximum Gasteiger partial charge on any atom is 0.254 e. The van der Waals surface area contributed by atoms with Gasteiger partial charge in [-0.1, -0.05) is 6.57 Å². The predicted octanol–water partition coefficient (Wildman–Crippen LogP) is 3.98. The first kappa shape index (κ1) is 19.2. The molecule has 1 aliphatic heterocycles. The van der Waals surface area contributed by atoms with Gasteiger partial charge >= 0.3 is 0 Å². The average Bonchev–Trinajstić information content (AvgIpc) is 3.58. The smallest absolute Gasteiger partial charge is 0.254 e. The summed E-state index contributed by atoms with van der Waals surface area (Å²) in [6.07, 6.45) is 5.49. The molecule has 5 aromatic rings. The van der Waals surface area contributed by atoms with Crippen molar-refractivity contribution in [3.63, 3.8) is 0 Å². The molecular weight excluding hydrogens is 423 g/mol. The van der Waals surface area contributed by atoms with E-state index >= 15 is 0 Å². The Hall–Kier alpha value is -4.52. The summed E-state index contributed by atoms with van der Waals surface area (Å²) < 4.78 is 23.6. The number of nitrogens with zero attached hydrogens (tertiary/aromatic N) is 7. The summed E-state index contributed by atoms with van der Waals surface area (Å²) in [5, 5.41) is 11.6. The molecule has 0 fully saturated rings. The molecule has 0 amide bonds. The van der Waals surface area contributed by atoms with Gasteiger partial charge in [0.15, 0.2) is 5.65 Å². The van der Waals surface area contributed by atoms with Crippen LogP contribution in [-0.4, -0.2) is 35.6 Å². The molecule has 1 aromatic carbocycles. The van der Waals surface area contributed by atoms with Crippen LogP contribution in [0.3, 0.4) is 0 Å². The molecule has 5 heterocycles. The molecule has 0 radical (unpaired) electrons. The monoisotopic (exact) mass is 440 g/mol. The van der Waals surface area contributed by atoms with Crippen LogP contribution in [0.15, 0.2) is 43.0 Å². The summed E-state index contributed by atoms with van der Waals surface area (Å²) in [5.41, 5.74) is 5.10. The number of hydrogen-bond acceptors (Lipinski definition) is 6. The van der Waals surface area contributed by atoms with Gasteiger partial charge in [0.05, 0.1) is 29.6 Å². The van der Waals surface area contributed by atoms with Crippen molar-refractivity contribution in [2.75, 3.05) is 11.9 Å². The van der Waals surface area contributed by atoms with E-state index in [9.17, 15) is 4.39 Å². The van der Waals surface area contributed by atoms with Crippen LogP contribution in [0.5, 0.6) is 5.75 Å². The van der Waals surface area contributed by atoms with Crippen LogP contribution in [-0.2, 0) is 13.0 Å². The third-order valence-electron chi connectivity index (χ3n) is 5.93. The van der Waals surface area contributed by atoms with E-state index in [1.54, 1.807) is 29.2 Å². The topological polar surface area (TPSA) is 86.0 Å². The van der Waals surface area contributed by atoms with E-state index in [0.717, 1.165) is 28.1 Å². The SMILES string of the molecule is [C-]#[N+]c1cnc2c(-c3cnc(NCc4c(F)ccc5c4CCO5)n4cnnc34)ccc(C)n12. The largest absolute Gasteiger partial charge is 0.493 e. The quantitative estimate of drug-likeness (QED) is 0.426. The van der Waals surface area contributed by atoms with Gasteiger partial charge < -0.3 is 14.9 Å². The number of hydrogen-bond donors (Lipinski definition) is 1. The molecule has 0 saturated carbocycles. The minimum absolute atomic E-state index is 0.251. The second-order valence-electron chi connectivity index (χ2n) is 7.75. The van der Waals surface area contributed by atoms with Crippen LogP contribution in [0.1, 0.15) is 16.8 Å². The van der Waals surface area contributed by atoms with Crippen LogP contribution < -0.4 is 10.1 Å². The van der Waals surface area contributed by atoms with Gasteiger partial charge in [-0.15, -0.1) is 10.2 Å². The molecular formula is C23H17FN8O. The lowest BCUT2D eigenvalue weighted by atomic mass is 10.0. The number of aromatic nitrogens is 6. The van der Waals surface area contributed by atoms with E-state index in [1.165, 1.54) is 6.07 Å². The number of anilines is 1. The number of ether oxygens (including phenoxy) is 1. The van der Waals surface area contributed by atoms with Gasteiger partial charge in [-0.25, -0.2) is 18.8 Å². The zero-order valence-electron chi connectivity index (χ0n) is 17.6. The first-order valence-electron chi connectivity index (χ1n) is 10.4. The van der Waals surface area contributed by atoms with Crippen molar-refractivity contribution in [2.45, 2.75) is 19.9 Å². The Kier molecular flexibility index (Phi) is 4.23. The highest BCUT2D eigenvalue weighted by molar-refractivity contribution is 5.87. The number of halogens is 1. The summed E-state index contributed by atoms with van der Waals surface area (Å²) in [7, 11) is 0. The lowest BCUT2D eigenvalue weighted by Gasteiger charge is -2.12. The number of rotatable bonds is 4. The average molecular weight is 440 g/mol. The molecule has 33 heavy (non-hydrogen) atoms. The first-order chi connectivity index (χ1) is 16.2. The highest BCUT2D eigenvalue weighted by Crippen LogP contribution is 2.32. The molecule has 10 heteroatoms. The van der Waals surface area contributed by atoms with Gasteiger partial charge in [0.2, 0.25) is 11.6 Å². The molecule has 162 valence electrons. The maximum atomic E-state index is 14.5. The van der Waals surface area contributed by atoms with Gasteiger partial charge in [-0.2, -0.15) is 0 Å². The molecule has 0 saturated heterocycles. The molecule has 9 nitrogen and oxygen atoms in total. The van der Waals surface area contributed by atoms with E-state index in [0.29, 0.717) is 41.7 Å². The molecule has 0 bridgehead atoms. The summed E-state index contributed by atoms with van der Waals surface area (Å²) in [6.45, 7) is 10.1. The molecule has 0 spiro atoms. The van der Waals surface area contributed by atoms with Crippen LogP contribution in [0.25, 0.3) is 27.3 Å². The van der Waals surface area contributed by atoms with Crippen molar-refractivity contribution >= 4 is 23.1 Å². The minimum Gasteiger partial charge on any atom is -0.493 e. The fraction of sp³-hybridized carbons (Fsp3) is 0.174. The standard InChI is InChI=1S/C23H17FN8O/c1-13-3-4-15(21-26-11-20(25-2)32(13)21)17-10-28-23(31-12-29-30-22(17)31)27-9-16-14-7-8-33-19(14)6-5-18(16)24/h3-6,10-12H,7-9H2,1H3,(H,27,28). The Morgan fingerprint density at radius 1 is 1.15 bits per heavy atom. The molecule has 1 aliphatic rings. The van der Waals surface area contributed by atoms with Crippen LogP contribution in [0.4, 0.5) is 16.2 Å². The van der Waals surface area contributed by atoms with Crippen molar-refractivity contribution < 1.29 is 9.13 Å². The zero-order chi connectivity index (χ0) is 22.5. The van der Waals surface area contributed by atoms with Crippen molar-refractivity contribution in [1.29, 1.82) is 0 Å². The number of fused-ring (bicyclic) bond motifs is 3. The van der Waals surface area contributed by atoms with E-state index < -0.39 is 0 Å². The van der Waals surface area contributed by atoms with Gasteiger partial charge in [-0.3, -0.25) is 4.40 Å². The number of aryl methyl sites for hydroxylation is 1. The normalized spacial score (nSPS) is 12.6. The second kappa shape index (κ2) is 7.27. The number of pyridine rings is 1. The van der Waals surface area contributed by atoms with Crippen molar-refractivity contribution in [3.05, 3.63) is 77.0 Å². The molecule has 0 unspecified atom stereocenters.